The Kier molecular flexibility index (Phi) is 6.30. The third-order valence-corrected chi connectivity index (χ3v) is 5.51. The molecular weight excluding hydrogens is 360 g/mol. The molecule has 142 valence electrons. The number of carbonyl (C=O) groups is 2. The van der Waals surface area contributed by atoms with Gasteiger partial charge in [-0.15, -0.1) is 12.4 Å². The van der Waals surface area contributed by atoms with Gasteiger partial charge in [0.15, 0.2) is 0 Å². The zero-order valence-corrected chi connectivity index (χ0v) is 16.1. The van der Waals surface area contributed by atoms with E-state index in [9.17, 15) is 9.59 Å². The fourth-order valence-electron chi connectivity index (χ4n) is 4.18. The standard InChI is InChI=1S/C22H24N2O2.ClH/c25-21-19-13-7-8-15-23(19)20(18-11-5-2-6-12-18)22(26)24(21)16-14-17-9-3-1-4-10-17;/h1-6,9-12,19-20H,7-8,13-16H2;1H/t19-,20-;/m1./s1. The molecule has 2 amide bonds. The molecule has 2 fully saturated rings. The number of hydrogen-bond donors (Lipinski definition) is 0. The molecule has 2 aliphatic heterocycles. The van der Waals surface area contributed by atoms with Crippen LogP contribution in [0.25, 0.3) is 0 Å². The van der Waals surface area contributed by atoms with Crippen LogP contribution in [0.1, 0.15) is 36.4 Å². The third-order valence-electron chi connectivity index (χ3n) is 5.51. The maximum Gasteiger partial charge on any atom is 0.251 e. The Balaban J connectivity index is 0.00000210. The monoisotopic (exact) mass is 384 g/mol. The summed E-state index contributed by atoms with van der Waals surface area (Å²) in [5.74, 6) is -0.0897. The van der Waals surface area contributed by atoms with Crippen molar-refractivity contribution in [3.05, 3.63) is 71.8 Å². The van der Waals surface area contributed by atoms with Crippen molar-refractivity contribution in [2.24, 2.45) is 0 Å². The van der Waals surface area contributed by atoms with Crippen LogP contribution in [0.15, 0.2) is 60.7 Å². The van der Waals surface area contributed by atoms with Crippen LogP contribution in [-0.4, -0.2) is 40.7 Å². The van der Waals surface area contributed by atoms with Crippen LogP contribution in [0.4, 0.5) is 0 Å². The minimum atomic E-state index is -0.338. The first-order chi connectivity index (χ1) is 12.8. The molecule has 0 aromatic heterocycles. The van der Waals surface area contributed by atoms with Crippen molar-refractivity contribution in [2.45, 2.75) is 37.8 Å². The molecule has 27 heavy (non-hydrogen) atoms. The summed E-state index contributed by atoms with van der Waals surface area (Å²) in [5, 5.41) is 0. The molecule has 0 radical (unpaired) electrons. The molecule has 0 unspecified atom stereocenters. The second-order valence-electron chi connectivity index (χ2n) is 7.13. The minimum absolute atomic E-state index is 0. The van der Waals surface area contributed by atoms with Crippen LogP contribution in [0.5, 0.6) is 0 Å². The molecule has 0 spiro atoms. The number of piperazine rings is 1. The highest BCUT2D eigenvalue weighted by molar-refractivity contribution is 6.03. The Bertz CT molecular complexity index is 781. The lowest BCUT2D eigenvalue weighted by molar-refractivity contribution is -0.163. The highest BCUT2D eigenvalue weighted by Gasteiger charge is 2.47. The number of piperidine rings is 1. The van der Waals surface area contributed by atoms with Crippen molar-refractivity contribution in [3.8, 4) is 0 Å². The summed E-state index contributed by atoms with van der Waals surface area (Å²) < 4.78 is 0. The first kappa shape index (κ1) is 19.6. The van der Waals surface area contributed by atoms with E-state index in [1.807, 2.05) is 60.7 Å². The number of halogens is 1. The largest absolute Gasteiger partial charge is 0.279 e. The Morgan fingerprint density at radius 1 is 0.852 bits per heavy atom. The van der Waals surface area contributed by atoms with Gasteiger partial charge in [-0.25, -0.2) is 0 Å². The van der Waals surface area contributed by atoms with Crippen molar-refractivity contribution >= 4 is 24.2 Å². The van der Waals surface area contributed by atoms with Gasteiger partial charge in [-0.1, -0.05) is 67.1 Å². The summed E-state index contributed by atoms with van der Waals surface area (Å²) in [5.41, 5.74) is 2.14. The third kappa shape index (κ3) is 3.92. The normalized spacial score (nSPS) is 22.9. The van der Waals surface area contributed by atoms with Gasteiger partial charge in [-0.3, -0.25) is 19.4 Å². The maximum atomic E-state index is 13.3. The summed E-state index contributed by atoms with van der Waals surface area (Å²) in [7, 11) is 0. The van der Waals surface area contributed by atoms with Gasteiger partial charge in [-0.05, 0) is 30.4 Å². The highest BCUT2D eigenvalue weighted by atomic mass is 35.5. The van der Waals surface area contributed by atoms with Gasteiger partial charge in [0, 0.05) is 13.1 Å². The molecule has 5 heteroatoms. The van der Waals surface area contributed by atoms with Gasteiger partial charge in [0.1, 0.15) is 6.04 Å². The minimum Gasteiger partial charge on any atom is -0.279 e. The fraction of sp³-hybridized carbons (Fsp3) is 0.364. The molecule has 4 nitrogen and oxygen atoms in total. The van der Waals surface area contributed by atoms with Crippen LogP contribution >= 0.6 is 12.4 Å². The summed E-state index contributed by atoms with van der Waals surface area (Å²) >= 11 is 0. The number of benzene rings is 2. The molecule has 2 aromatic carbocycles. The molecule has 0 bridgehead atoms. The van der Waals surface area contributed by atoms with Crippen LogP contribution in [0.2, 0.25) is 0 Å². The lowest BCUT2D eigenvalue weighted by Gasteiger charge is -2.47. The quantitative estimate of drug-likeness (QED) is 0.756. The summed E-state index contributed by atoms with van der Waals surface area (Å²) in [6.07, 6.45) is 3.64. The maximum absolute atomic E-state index is 13.3. The van der Waals surface area contributed by atoms with E-state index in [2.05, 4.69) is 4.90 Å². The molecule has 2 saturated heterocycles. The van der Waals surface area contributed by atoms with Crippen LogP contribution in [-0.2, 0) is 16.0 Å². The summed E-state index contributed by atoms with van der Waals surface area (Å²) in [6.45, 7) is 1.27. The van der Waals surface area contributed by atoms with Crippen molar-refractivity contribution in [1.82, 2.24) is 9.80 Å². The van der Waals surface area contributed by atoms with Gasteiger partial charge in [0.25, 0.3) is 5.91 Å². The lowest BCUT2D eigenvalue weighted by Crippen LogP contribution is -2.62. The first-order valence-electron chi connectivity index (χ1n) is 9.45. The number of amides is 2. The summed E-state index contributed by atoms with van der Waals surface area (Å²) in [6, 6.07) is 19.4. The molecule has 4 rings (SSSR count). The van der Waals surface area contributed by atoms with E-state index in [-0.39, 0.29) is 36.3 Å². The Morgan fingerprint density at radius 2 is 1.52 bits per heavy atom. The van der Waals surface area contributed by atoms with E-state index in [1.165, 1.54) is 4.90 Å². The van der Waals surface area contributed by atoms with E-state index >= 15 is 0 Å². The highest BCUT2D eigenvalue weighted by Crippen LogP contribution is 2.35. The second-order valence-corrected chi connectivity index (χ2v) is 7.13. The zero-order chi connectivity index (χ0) is 17.9. The number of imide groups is 1. The predicted molar refractivity (Wildman–Crippen MR) is 108 cm³/mol. The van der Waals surface area contributed by atoms with Gasteiger partial charge < -0.3 is 0 Å². The SMILES string of the molecule is Cl.O=C1[C@H]2CCCCN2[C@H](c2ccccc2)C(=O)N1CCc1ccccc1. The molecule has 2 aromatic rings. The Hall–Kier alpha value is -2.17. The number of nitrogens with zero attached hydrogens (tertiary/aromatic N) is 2. The molecule has 2 atom stereocenters. The van der Waals surface area contributed by atoms with E-state index < -0.39 is 0 Å². The molecule has 0 aliphatic carbocycles. The van der Waals surface area contributed by atoms with Gasteiger partial charge in [0.05, 0.1) is 6.04 Å². The topological polar surface area (TPSA) is 40.6 Å². The Labute approximate surface area is 166 Å². The number of rotatable bonds is 4. The van der Waals surface area contributed by atoms with Crippen molar-refractivity contribution in [2.75, 3.05) is 13.1 Å². The average molecular weight is 385 g/mol. The second kappa shape index (κ2) is 8.68. The van der Waals surface area contributed by atoms with Crippen molar-refractivity contribution in [1.29, 1.82) is 0 Å². The summed E-state index contributed by atoms with van der Waals surface area (Å²) in [4.78, 5) is 29.9. The number of hydrogen-bond acceptors (Lipinski definition) is 3. The van der Waals surface area contributed by atoms with Crippen molar-refractivity contribution in [3.63, 3.8) is 0 Å². The molecular formula is C22H25ClN2O2. The van der Waals surface area contributed by atoms with Crippen LogP contribution < -0.4 is 0 Å². The number of carbonyl (C=O) groups excluding carboxylic acids is 2. The molecule has 2 heterocycles. The van der Waals surface area contributed by atoms with E-state index in [0.717, 1.165) is 36.9 Å². The average Bonchev–Trinajstić information content (AvgIpc) is 2.70. The van der Waals surface area contributed by atoms with Crippen LogP contribution in [0.3, 0.4) is 0 Å². The molecule has 0 saturated carbocycles. The predicted octanol–water partition coefficient (Wildman–Crippen LogP) is 3.62. The van der Waals surface area contributed by atoms with Gasteiger partial charge >= 0.3 is 0 Å². The lowest BCUT2D eigenvalue weighted by atomic mass is 9.91. The van der Waals surface area contributed by atoms with Crippen LogP contribution in [0, 0.1) is 0 Å². The van der Waals surface area contributed by atoms with Gasteiger partial charge in [0.2, 0.25) is 5.91 Å². The number of fused-ring (bicyclic) bond motifs is 1. The smallest absolute Gasteiger partial charge is 0.251 e. The fourth-order valence-corrected chi connectivity index (χ4v) is 4.18. The molecule has 2 aliphatic rings. The van der Waals surface area contributed by atoms with E-state index in [1.54, 1.807) is 0 Å². The Morgan fingerprint density at radius 3 is 2.22 bits per heavy atom. The van der Waals surface area contributed by atoms with Crippen molar-refractivity contribution < 1.29 is 9.59 Å². The van der Waals surface area contributed by atoms with Gasteiger partial charge in [-0.2, -0.15) is 0 Å². The van der Waals surface area contributed by atoms with E-state index in [4.69, 9.17) is 0 Å². The van der Waals surface area contributed by atoms with E-state index in [0.29, 0.717) is 13.0 Å². The first-order valence-corrected chi connectivity index (χ1v) is 9.45. The zero-order valence-electron chi connectivity index (χ0n) is 15.3. The molecule has 0 N–H and O–H groups in total.